The second kappa shape index (κ2) is 5.89. The molecule has 0 aliphatic rings. The first-order chi connectivity index (χ1) is 8.74. The Kier molecular flexibility index (Phi) is 4.23. The lowest BCUT2D eigenvalue weighted by Crippen LogP contribution is -2.01. The minimum absolute atomic E-state index is 0.534. The monoisotopic (exact) mass is 264 g/mol. The van der Waals surface area contributed by atoms with E-state index in [-0.39, 0.29) is 0 Å². The summed E-state index contributed by atoms with van der Waals surface area (Å²) in [5.74, 6) is 1.57. The Labute approximate surface area is 111 Å². The Bertz CT molecular complexity index is 490. The van der Waals surface area contributed by atoms with Gasteiger partial charge in [-0.1, -0.05) is 12.1 Å². The maximum Gasteiger partial charge on any atom is 0.135 e. The number of benzene rings is 1. The number of ether oxygens (including phenoxy) is 2. The molecule has 1 aromatic heterocycles. The van der Waals surface area contributed by atoms with Gasteiger partial charge in [0.1, 0.15) is 11.5 Å². The maximum absolute atomic E-state index is 10.2. The molecular formula is C14H16O3S. The molecule has 0 spiro atoms. The first-order valence-electron chi connectivity index (χ1n) is 5.67. The van der Waals surface area contributed by atoms with E-state index in [2.05, 4.69) is 0 Å². The molecule has 1 aromatic carbocycles. The third-order valence-electron chi connectivity index (χ3n) is 2.77. The van der Waals surface area contributed by atoms with E-state index in [0.29, 0.717) is 6.42 Å². The molecule has 0 aliphatic heterocycles. The molecule has 2 rings (SSSR count). The molecular weight excluding hydrogens is 248 g/mol. The van der Waals surface area contributed by atoms with Gasteiger partial charge in [-0.05, 0) is 29.1 Å². The molecule has 1 N–H and O–H groups in total. The van der Waals surface area contributed by atoms with Gasteiger partial charge in [-0.2, -0.15) is 0 Å². The summed E-state index contributed by atoms with van der Waals surface area (Å²) in [5, 5.41) is 12.1. The Morgan fingerprint density at radius 2 is 1.83 bits per heavy atom. The van der Waals surface area contributed by atoms with Gasteiger partial charge in [-0.25, -0.2) is 0 Å². The van der Waals surface area contributed by atoms with Crippen molar-refractivity contribution in [3.8, 4) is 11.5 Å². The van der Waals surface area contributed by atoms with E-state index in [1.165, 1.54) is 11.3 Å². The van der Waals surface area contributed by atoms with E-state index in [9.17, 15) is 5.11 Å². The molecule has 3 nitrogen and oxygen atoms in total. The molecule has 18 heavy (non-hydrogen) atoms. The zero-order valence-electron chi connectivity index (χ0n) is 10.4. The van der Waals surface area contributed by atoms with Crippen molar-refractivity contribution >= 4 is 11.3 Å². The molecule has 2 aromatic rings. The van der Waals surface area contributed by atoms with Crippen molar-refractivity contribution in [3.63, 3.8) is 0 Å². The lowest BCUT2D eigenvalue weighted by molar-refractivity contribution is 0.178. The first-order valence-corrected chi connectivity index (χ1v) is 6.55. The van der Waals surface area contributed by atoms with Crippen molar-refractivity contribution in [2.75, 3.05) is 14.2 Å². The summed E-state index contributed by atoms with van der Waals surface area (Å²) in [7, 11) is 3.26. The quantitative estimate of drug-likeness (QED) is 0.902. The number of thiophene rings is 1. The van der Waals surface area contributed by atoms with Crippen molar-refractivity contribution in [1.82, 2.24) is 0 Å². The number of hydrogen-bond acceptors (Lipinski definition) is 4. The van der Waals surface area contributed by atoms with E-state index in [4.69, 9.17) is 9.47 Å². The van der Waals surface area contributed by atoms with Crippen LogP contribution in [0.3, 0.4) is 0 Å². The van der Waals surface area contributed by atoms with Gasteiger partial charge in [0.15, 0.2) is 0 Å². The molecule has 0 bridgehead atoms. The van der Waals surface area contributed by atoms with Crippen molar-refractivity contribution in [3.05, 3.63) is 46.2 Å². The highest BCUT2D eigenvalue weighted by Crippen LogP contribution is 2.32. The van der Waals surface area contributed by atoms with E-state index in [1.807, 2.05) is 35.7 Å². The molecule has 0 saturated heterocycles. The fraction of sp³-hybridized carbons (Fsp3) is 0.286. The summed E-state index contributed by atoms with van der Waals surface area (Å²) in [6.45, 7) is 0. The van der Waals surface area contributed by atoms with Gasteiger partial charge in [0, 0.05) is 6.42 Å². The Morgan fingerprint density at radius 3 is 2.44 bits per heavy atom. The van der Waals surface area contributed by atoms with E-state index in [0.717, 1.165) is 21.9 Å². The fourth-order valence-corrected chi connectivity index (χ4v) is 2.64. The molecule has 96 valence electrons. The third-order valence-corrected chi connectivity index (χ3v) is 3.77. The summed E-state index contributed by atoms with van der Waals surface area (Å²) < 4.78 is 10.3. The lowest BCUT2D eigenvalue weighted by atomic mass is 10.1. The average Bonchev–Trinajstić information content (AvgIpc) is 2.88. The number of aliphatic hydroxyl groups excluding tert-OH is 1. The molecule has 0 aliphatic carbocycles. The molecule has 0 radical (unpaired) electrons. The minimum Gasteiger partial charge on any atom is -0.497 e. The molecule has 1 atom stereocenters. The third kappa shape index (κ3) is 2.83. The molecule has 0 amide bonds. The second-order valence-corrected chi connectivity index (χ2v) is 4.87. The van der Waals surface area contributed by atoms with Crippen molar-refractivity contribution in [1.29, 1.82) is 0 Å². The zero-order valence-corrected chi connectivity index (χ0v) is 11.2. The zero-order chi connectivity index (χ0) is 13.0. The van der Waals surface area contributed by atoms with Crippen LogP contribution in [0.25, 0.3) is 0 Å². The van der Waals surface area contributed by atoms with Crippen molar-refractivity contribution in [2.24, 2.45) is 0 Å². The van der Waals surface area contributed by atoms with E-state index in [1.54, 1.807) is 14.2 Å². The van der Waals surface area contributed by atoms with Crippen LogP contribution in [-0.2, 0) is 6.42 Å². The van der Waals surface area contributed by atoms with E-state index < -0.39 is 6.10 Å². The predicted octanol–water partition coefficient (Wildman–Crippen LogP) is 3.04. The average molecular weight is 264 g/mol. The Morgan fingerprint density at radius 1 is 1.11 bits per heavy atom. The minimum atomic E-state index is -0.534. The molecule has 1 heterocycles. The van der Waals surface area contributed by atoms with Crippen LogP contribution in [0.15, 0.2) is 35.7 Å². The number of rotatable bonds is 5. The SMILES string of the molecule is COc1ccc(CC(O)c2sccc2OC)cc1. The van der Waals surface area contributed by atoms with Crippen LogP contribution in [0, 0.1) is 0 Å². The van der Waals surface area contributed by atoms with Gasteiger partial charge >= 0.3 is 0 Å². The van der Waals surface area contributed by atoms with Gasteiger partial charge in [0.25, 0.3) is 0 Å². The summed E-state index contributed by atoms with van der Waals surface area (Å²) in [6, 6.07) is 9.59. The lowest BCUT2D eigenvalue weighted by Gasteiger charge is -2.11. The number of methoxy groups -OCH3 is 2. The largest absolute Gasteiger partial charge is 0.497 e. The standard InChI is InChI=1S/C14H16O3S/c1-16-11-5-3-10(4-6-11)9-12(15)14-13(17-2)7-8-18-14/h3-8,12,15H,9H2,1-2H3. The maximum atomic E-state index is 10.2. The highest BCUT2D eigenvalue weighted by Gasteiger charge is 2.15. The summed E-state index contributed by atoms with van der Waals surface area (Å²) >= 11 is 1.51. The molecule has 4 heteroatoms. The second-order valence-electron chi connectivity index (χ2n) is 3.92. The van der Waals surface area contributed by atoms with Crippen molar-refractivity contribution < 1.29 is 14.6 Å². The fourth-order valence-electron chi connectivity index (χ4n) is 1.80. The van der Waals surface area contributed by atoms with Gasteiger partial charge in [0.05, 0.1) is 25.2 Å². The van der Waals surface area contributed by atoms with Gasteiger partial charge < -0.3 is 14.6 Å². The van der Waals surface area contributed by atoms with Crippen LogP contribution in [0.1, 0.15) is 16.5 Å². The van der Waals surface area contributed by atoms with Crippen LogP contribution in [0.4, 0.5) is 0 Å². The summed E-state index contributed by atoms with van der Waals surface area (Å²) in [5.41, 5.74) is 1.07. The topological polar surface area (TPSA) is 38.7 Å². The van der Waals surface area contributed by atoms with Crippen LogP contribution in [-0.4, -0.2) is 19.3 Å². The van der Waals surface area contributed by atoms with E-state index >= 15 is 0 Å². The van der Waals surface area contributed by atoms with Gasteiger partial charge in [0.2, 0.25) is 0 Å². The molecule has 0 saturated carbocycles. The molecule has 1 unspecified atom stereocenters. The van der Waals surface area contributed by atoms with Gasteiger partial charge in [-0.15, -0.1) is 11.3 Å². The predicted molar refractivity (Wildman–Crippen MR) is 72.5 cm³/mol. The highest BCUT2D eigenvalue weighted by molar-refractivity contribution is 7.10. The number of hydrogen-bond donors (Lipinski definition) is 1. The smallest absolute Gasteiger partial charge is 0.135 e. The van der Waals surface area contributed by atoms with Crippen LogP contribution < -0.4 is 9.47 Å². The van der Waals surface area contributed by atoms with Crippen molar-refractivity contribution in [2.45, 2.75) is 12.5 Å². The Hall–Kier alpha value is -1.52. The Balaban J connectivity index is 2.08. The number of aliphatic hydroxyl groups is 1. The van der Waals surface area contributed by atoms with Crippen LogP contribution in [0.5, 0.6) is 11.5 Å². The summed E-state index contributed by atoms with van der Waals surface area (Å²) in [4.78, 5) is 0.869. The molecule has 0 fully saturated rings. The van der Waals surface area contributed by atoms with Crippen LogP contribution in [0.2, 0.25) is 0 Å². The normalized spacial score (nSPS) is 12.2. The van der Waals surface area contributed by atoms with Crippen LogP contribution >= 0.6 is 11.3 Å². The first kappa shape index (κ1) is 12.9. The van der Waals surface area contributed by atoms with Gasteiger partial charge in [-0.3, -0.25) is 0 Å². The summed E-state index contributed by atoms with van der Waals surface area (Å²) in [6.07, 6.45) is 0.0364. The highest BCUT2D eigenvalue weighted by atomic mass is 32.1.